The zero-order chi connectivity index (χ0) is 14.5. The van der Waals surface area contributed by atoms with Gasteiger partial charge in [-0.15, -0.1) is 0 Å². The molecule has 110 valence electrons. The van der Waals surface area contributed by atoms with Crippen LogP contribution in [0.2, 0.25) is 0 Å². The Morgan fingerprint density at radius 2 is 1.81 bits per heavy atom. The van der Waals surface area contributed by atoms with E-state index in [1.165, 1.54) is 32.1 Å². The third-order valence-electron chi connectivity index (χ3n) is 4.01. The van der Waals surface area contributed by atoms with E-state index in [2.05, 4.69) is 15.3 Å². The Labute approximate surface area is 125 Å². The Kier molecular flexibility index (Phi) is 4.34. The molecule has 0 amide bonds. The number of ether oxygens (including phenoxy) is 1. The number of hydrogen-bond acceptors (Lipinski definition) is 4. The van der Waals surface area contributed by atoms with Crippen LogP contribution >= 0.6 is 0 Å². The standard InChI is InChI=1S/C17H21N3O/c1-21-15-9-7-13(8-10-15)16-11-17(19-12-18-16)20-14-5-3-2-4-6-14/h7-12,14H,2-6H2,1H3,(H,18,19,20). The lowest BCUT2D eigenvalue weighted by atomic mass is 9.95. The Bertz CT molecular complexity index is 577. The van der Waals surface area contributed by atoms with Gasteiger partial charge >= 0.3 is 0 Å². The van der Waals surface area contributed by atoms with Gasteiger partial charge in [-0.2, -0.15) is 0 Å². The van der Waals surface area contributed by atoms with E-state index in [9.17, 15) is 0 Å². The van der Waals surface area contributed by atoms with E-state index in [4.69, 9.17) is 4.74 Å². The summed E-state index contributed by atoms with van der Waals surface area (Å²) in [5.41, 5.74) is 2.01. The lowest BCUT2D eigenvalue weighted by molar-refractivity contribution is 0.415. The first kappa shape index (κ1) is 13.9. The fraction of sp³-hybridized carbons (Fsp3) is 0.412. The molecule has 1 aromatic heterocycles. The summed E-state index contributed by atoms with van der Waals surface area (Å²) in [4.78, 5) is 8.71. The number of anilines is 1. The smallest absolute Gasteiger partial charge is 0.130 e. The monoisotopic (exact) mass is 283 g/mol. The molecule has 0 radical (unpaired) electrons. The Balaban J connectivity index is 1.75. The lowest BCUT2D eigenvalue weighted by Crippen LogP contribution is -2.22. The van der Waals surface area contributed by atoms with E-state index in [1.54, 1.807) is 13.4 Å². The largest absolute Gasteiger partial charge is 0.497 e. The summed E-state index contributed by atoms with van der Waals surface area (Å²) in [6.45, 7) is 0. The van der Waals surface area contributed by atoms with Gasteiger partial charge in [0.25, 0.3) is 0 Å². The fourth-order valence-electron chi connectivity index (χ4n) is 2.81. The van der Waals surface area contributed by atoms with Crippen LogP contribution in [0.3, 0.4) is 0 Å². The predicted molar refractivity (Wildman–Crippen MR) is 84.5 cm³/mol. The van der Waals surface area contributed by atoms with Crippen molar-refractivity contribution in [3.05, 3.63) is 36.7 Å². The molecule has 1 saturated carbocycles. The Hall–Kier alpha value is -2.10. The second-order valence-electron chi connectivity index (χ2n) is 5.50. The van der Waals surface area contributed by atoms with E-state index in [0.29, 0.717) is 6.04 Å². The van der Waals surface area contributed by atoms with Crippen LogP contribution in [0, 0.1) is 0 Å². The highest BCUT2D eigenvalue weighted by atomic mass is 16.5. The average molecular weight is 283 g/mol. The summed E-state index contributed by atoms with van der Waals surface area (Å²) < 4.78 is 5.18. The maximum absolute atomic E-state index is 5.18. The minimum Gasteiger partial charge on any atom is -0.497 e. The molecule has 0 spiro atoms. The Morgan fingerprint density at radius 1 is 1.05 bits per heavy atom. The first-order chi connectivity index (χ1) is 10.3. The molecule has 0 bridgehead atoms. The SMILES string of the molecule is COc1ccc(-c2cc(NC3CCCCC3)ncn2)cc1. The second kappa shape index (κ2) is 6.57. The van der Waals surface area contributed by atoms with Crippen molar-refractivity contribution in [3.63, 3.8) is 0 Å². The summed E-state index contributed by atoms with van der Waals surface area (Å²) >= 11 is 0. The number of benzene rings is 1. The van der Waals surface area contributed by atoms with Crippen LogP contribution in [0.1, 0.15) is 32.1 Å². The molecule has 0 aliphatic heterocycles. The van der Waals surface area contributed by atoms with Gasteiger partial charge in [0.05, 0.1) is 12.8 Å². The molecule has 0 unspecified atom stereocenters. The number of methoxy groups -OCH3 is 1. The normalized spacial score (nSPS) is 15.7. The van der Waals surface area contributed by atoms with Crippen LogP contribution in [0.4, 0.5) is 5.82 Å². The third kappa shape index (κ3) is 3.51. The van der Waals surface area contributed by atoms with Crippen molar-refractivity contribution >= 4 is 5.82 Å². The highest BCUT2D eigenvalue weighted by molar-refractivity contribution is 5.63. The summed E-state index contributed by atoms with van der Waals surface area (Å²) in [7, 11) is 1.67. The first-order valence-electron chi connectivity index (χ1n) is 7.58. The number of hydrogen-bond donors (Lipinski definition) is 1. The van der Waals surface area contributed by atoms with Gasteiger partial charge in [-0.25, -0.2) is 9.97 Å². The van der Waals surface area contributed by atoms with E-state index in [1.807, 2.05) is 30.3 Å². The van der Waals surface area contributed by atoms with E-state index in [-0.39, 0.29) is 0 Å². The highest BCUT2D eigenvalue weighted by Gasteiger charge is 2.13. The van der Waals surface area contributed by atoms with E-state index < -0.39 is 0 Å². The zero-order valence-corrected chi connectivity index (χ0v) is 12.4. The predicted octanol–water partition coefficient (Wildman–Crippen LogP) is 3.90. The van der Waals surface area contributed by atoms with E-state index in [0.717, 1.165) is 22.8 Å². The van der Waals surface area contributed by atoms with Crippen molar-refractivity contribution in [2.24, 2.45) is 0 Å². The third-order valence-corrected chi connectivity index (χ3v) is 4.01. The van der Waals surface area contributed by atoms with Gasteiger partial charge in [0, 0.05) is 17.7 Å². The first-order valence-corrected chi connectivity index (χ1v) is 7.58. The van der Waals surface area contributed by atoms with E-state index >= 15 is 0 Å². The molecule has 1 aromatic carbocycles. The molecule has 4 nitrogen and oxygen atoms in total. The lowest BCUT2D eigenvalue weighted by Gasteiger charge is -2.23. The van der Waals surface area contributed by atoms with Gasteiger partial charge in [0.15, 0.2) is 0 Å². The molecule has 3 rings (SSSR count). The summed E-state index contributed by atoms with van der Waals surface area (Å²) in [6.07, 6.45) is 8.09. The topological polar surface area (TPSA) is 47.0 Å². The molecule has 1 aliphatic carbocycles. The maximum Gasteiger partial charge on any atom is 0.130 e. The second-order valence-corrected chi connectivity index (χ2v) is 5.50. The Morgan fingerprint density at radius 3 is 2.52 bits per heavy atom. The van der Waals surface area contributed by atoms with Gasteiger partial charge in [0.2, 0.25) is 0 Å². The molecular weight excluding hydrogens is 262 g/mol. The summed E-state index contributed by atoms with van der Waals surface area (Å²) in [6, 6.07) is 10.5. The van der Waals surface area contributed by atoms with Gasteiger partial charge in [-0.05, 0) is 37.1 Å². The molecule has 2 aromatic rings. The number of nitrogens with one attached hydrogen (secondary N) is 1. The zero-order valence-electron chi connectivity index (χ0n) is 12.4. The quantitative estimate of drug-likeness (QED) is 0.924. The number of rotatable bonds is 4. The number of nitrogens with zero attached hydrogens (tertiary/aromatic N) is 2. The number of aromatic nitrogens is 2. The van der Waals surface area contributed by atoms with Crippen LogP contribution in [-0.4, -0.2) is 23.1 Å². The molecule has 4 heteroatoms. The maximum atomic E-state index is 5.18. The molecule has 0 atom stereocenters. The fourth-order valence-corrected chi connectivity index (χ4v) is 2.81. The highest BCUT2D eigenvalue weighted by Crippen LogP contribution is 2.24. The van der Waals surface area contributed by atoms with Gasteiger partial charge in [-0.1, -0.05) is 19.3 Å². The van der Waals surface area contributed by atoms with Crippen molar-refractivity contribution in [1.82, 2.24) is 9.97 Å². The van der Waals surface area contributed by atoms with Gasteiger partial charge < -0.3 is 10.1 Å². The molecule has 1 N–H and O–H groups in total. The minimum atomic E-state index is 0.553. The summed E-state index contributed by atoms with van der Waals surface area (Å²) in [5, 5.41) is 3.54. The van der Waals surface area contributed by atoms with Crippen LogP contribution in [0.15, 0.2) is 36.7 Å². The van der Waals surface area contributed by atoms with Crippen LogP contribution in [0.5, 0.6) is 5.75 Å². The summed E-state index contributed by atoms with van der Waals surface area (Å²) in [5.74, 6) is 1.77. The molecule has 1 fully saturated rings. The van der Waals surface area contributed by atoms with Gasteiger partial charge in [-0.3, -0.25) is 0 Å². The van der Waals surface area contributed by atoms with Crippen molar-refractivity contribution in [2.45, 2.75) is 38.1 Å². The van der Waals surface area contributed by atoms with Crippen LogP contribution in [0.25, 0.3) is 11.3 Å². The molecular formula is C17H21N3O. The van der Waals surface area contributed by atoms with Gasteiger partial charge in [0.1, 0.15) is 17.9 Å². The molecule has 0 saturated heterocycles. The van der Waals surface area contributed by atoms with Crippen LogP contribution in [-0.2, 0) is 0 Å². The van der Waals surface area contributed by atoms with Crippen molar-refractivity contribution in [3.8, 4) is 17.0 Å². The molecule has 1 aliphatic rings. The molecule has 21 heavy (non-hydrogen) atoms. The minimum absolute atomic E-state index is 0.553. The van der Waals surface area contributed by atoms with Crippen molar-refractivity contribution < 1.29 is 4.74 Å². The van der Waals surface area contributed by atoms with Crippen molar-refractivity contribution in [2.75, 3.05) is 12.4 Å². The van der Waals surface area contributed by atoms with Crippen LogP contribution < -0.4 is 10.1 Å². The molecule has 1 heterocycles. The average Bonchev–Trinajstić information content (AvgIpc) is 2.56. The van der Waals surface area contributed by atoms with Crippen molar-refractivity contribution in [1.29, 1.82) is 0 Å².